The second-order valence-electron chi connectivity index (χ2n) is 7.33. The number of amidine groups is 1. The molecule has 1 unspecified atom stereocenters. The van der Waals surface area contributed by atoms with Crippen molar-refractivity contribution in [3.63, 3.8) is 0 Å². The van der Waals surface area contributed by atoms with Gasteiger partial charge in [-0.05, 0) is 53.9 Å². The maximum atomic E-state index is 14.6. The minimum atomic E-state index is -2.77. The summed E-state index contributed by atoms with van der Waals surface area (Å²) in [7, 11) is -1.40. The maximum absolute atomic E-state index is 14.6. The van der Waals surface area contributed by atoms with Gasteiger partial charge in [0.15, 0.2) is 17.4 Å². The Kier molecular flexibility index (Phi) is 5.31. The van der Waals surface area contributed by atoms with Crippen LogP contribution >= 0.6 is 0 Å². The highest BCUT2D eigenvalue weighted by atomic mass is 32.2. The number of hydrogen-bond donors (Lipinski definition) is 1. The van der Waals surface area contributed by atoms with E-state index >= 15 is 0 Å². The maximum Gasteiger partial charge on any atom is 0.164 e. The zero-order chi connectivity index (χ0) is 19.9. The highest BCUT2D eigenvalue weighted by Crippen LogP contribution is 2.38. The highest BCUT2D eigenvalue weighted by Gasteiger charge is 2.46. The van der Waals surface area contributed by atoms with E-state index in [1.54, 1.807) is 20.8 Å². The van der Waals surface area contributed by atoms with Gasteiger partial charge in [0.05, 0.1) is 10.3 Å². The highest BCUT2D eigenvalue weighted by molar-refractivity contribution is 8.02. The van der Waals surface area contributed by atoms with Gasteiger partial charge in [0.1, 0.15) is 12.4 Å². The number of hydrogen-bond acceptors (Lipinski definition) is 5. The molecule has 0 aromatic heterocycles. The van der Waals surface area contributed by atoms with Crippen LogP contribution in [0.4, 0.5) is 8.78 Å². The Balaban J connectivity index is 2.59. The van der Waals surface area contributed by atoms with Gasteiger partial charge in [-0.3, -0.25) is 14.0 Å². The molecule has 0 spiro atoms. The van der Waals surface area contributed by atoms with Gasteiger partial charge >= 0.3 is 0 Å². The third-order valence-electron chi connectivity index (χ3n) is 4.80. The smallest absolute Gasteiger partial charge is 0.164 e. The molecule has 0 aliphatic carbocycles. The number of aliphatic imine (C=N–C) groups is 1. The first-order valence-corrected chi connectivity index (χ1v) is 9.93. The molecule has 1 aromatic rings. The number of halogens is 2. The van der Waals surface area contributed by atoms with Gasteiger partial charge in [0.2, 0.25) is 0 Å². The molecule has 1 aliphatic rings. The molecule has 0 bridgehead atoms. The molecule has 0 saturated carbocycles. The molecule has 2 N–H and O–H groups in total. The lowest BCUT2D eigenvalue weighted by atomic mass is 9.90. The number of ketones is 1. The number of nitrogens with two attached hydrogens (primary N) is 1. The lowest BCUT2D eigenvalue weighted by molar-refractivity contribution is -0.121. The monoisotopic (exact) mass is 386 g/mol. The van der Waals surface area contributed by atoms with E-state index in [-0.39, 0.29) is 41.5 Å². The molecular formula is C18H24F2N2O3S. The van der Waals surface area contributed by atoms with Crippen molar-refractivity contribution < 1.29 is 22.5 Å². The van der Waals surface area contributed by atoms with Crippen LogP contribution in [0.1, 0.15) is 31.9 Å². The van der Waals surface area contributed by atoms with Gasteiger partial charge in [0.25, 0.3) is 0 Å². The van der Waals surface area contributed by atoms with Crippen molar-refractivity contribution in [1.29, 1.82) is 0 Å². The molecule has 1 heterocycles. The second kappa shape index (κ2) is 6.74. The van der Waals surface area contributed by atoms with E-state index < -0.39 is 31.4 Å². The summed E-state index contributed by atoms with van der Waals surface area (Å²) in [4.78, 5) is 16.1. The Bertz CT molecular complexity index is 879. The summed E-state index contributed by atoms with van der Waals surface area (Å²) in [5, 5.41) is 0. The number of ether oxygens (including phenoxy) is 1. The summed E-state index contributed by atoms with van der Waals surface area (Å²) in [6, 6.07) is 2.34. The molecule has 144 valence electrons. The van der Waals surface area contributed by atoms with E-state index in [0.29, 0.717) is 0 Å². The van der Waals surface area contributed by atoms with E-state index in [4.69, 9.17) is 10.5 Å². The van der Waals surface area contributed by atoms with Crippen LogP contribution in [-0.2, 0) is 31.0 Å². The first-order chi connectivity index (χ1) is 11.8. The van der Waals surface area contributed by atoms with Crippen LogP contribution in [0, 0.1) is 11.6 Å². The molecule has 5 nitrogen and oxygen atoms in total. The summed E-state index contributed by atoms with van der Waals surface area (Å²) < 4.78 is 45.6. The zero-order valence-electron chi connectivity index (χ0n) is 15.4. The van der Waals surface area contributed by atoms with Crippen molar-refractivity contribution in [2.75, 3.05) is 19.5 Å². The number of benzene rings is 1. The molecule has 26 heavy (non-hydrogen) atoms. The number of carbonyl (C=O) groups is 1. The van der Waals surface area contributed by atoms with Gasteiger partial charge < -0.3 is 10.5 Å². The van der Waals surface area contributed by atoms with Crippen molar-refractivity contribution in [2.24, 2.45) is 10.7 Å². The summed E-state index contributed by atoms with van der Waals surface area (Å²) in [5.41, 5.74) is 4.85. The van der Waals surface area contributed by atoms with Gasteiger partial charge in [-0.1, -0.05) is 0 Å². The van der Waals surface area contributed by atoms with Crippen LogP contribution in [-0.4, -0.2) is 45.9 Å². The molecule has 2 rings (SSSR count). The molecule has 1 aromatic carbocycles. The van der Waals surface area contributed by atoms with Gasteiger partial charge in [-0.15, -0.1) is 0 Å². The van der Waals surface area contributed by atoms with E-state index in [1.807, 2.05) is 0 Å². The SMILES string of the molecule is C=S1(=O)C[C@@](C)(c2cc(CC(=O)COC)cc(F)c2F)N=C(N)C1(C)C. The predicted molar refractivity (Wildman–Crippen MR) is 100 cm³/mol. The van der Waals surface area contributed by atoms with E-state index in [9.17, 15) is 17.8 Å². The first kappa shape index (κ1) is 20.5. The largest absolute Gasteiger partial charge is 0.386 e. The Labute approximate surface area is 152 Å². The van der Waals surface area contributed by atoms with Crippen LogP contribution < -0.4 is 5.73 Å². The number of methoxy groups -OCH3 is 1. The van der Waals surface area contributed by atoms with Crippen LogP contribution in [0.3, 0.4) is 0 Å². The van der Waals surface area contributed by atoms with Crippen LogP contribution in [0.15, 0.2) is 17.1 Å². The number of Topliss-reactive ketones (excluding diaryl/α,β-unsaturated/α-hetero) is 1. The van der Waals surface area contributed by atoms with Gasteiger partial charge in [-0.2, -0.15) is 0 Å². The van der Waals surface area contributed by atoms with Crippen molar-refractivity contribution >= 4 is 27.0 Å². The summed E-state index contributed by atoms with van der Waals surface area (Å²) in [6.45, 7) is 4.74. The van der Waals surface area contributed by atoms with Crippen LogP contribution in [0.2, 0.25) is 0 Å². The molecule has 0 saturated heterocycles. The molecule has 0 radical (unpaired) electrons. The Morgan fingerprint density at radius 3 is 2.54 bits per heavy atom. The summed E-state index contributed by atoms with van der Waals surface area (Å²) in [5.74, 6) is 1.30. The molecular weight excluding hydrogens is 362 g/mol. The number of rotatable bonds is 5. The first-order valence-electron chi connectivity index (χ1n) is 8.03. The van der Waals surface area contributed by atoms with E-state index in [2.05, 4.69) is 10.9 Å². The van der Waals surface area contributed by atoms with Gasteiger partial charge in [-0.25, -0.2) is 8.78 Å². The lowest BCUT2D eigenvalue weighted by Gasteiger charge is -2.41. The summed E-state index contributed by atoms with van der Waals surface area (Å²) >= 11 is 0. The van der Waals surface area contributed by atoms with E-state index in [0.717, 1.165) is 6.07 Å². The molecule has 0 amide bonds. The average Bonchev–Trinajstić information content (AvgIpc) is 2.48. The van der Waals surface area contributed by atoms with Crippen LogP contribution in [0.25, 0.3) is 0 Å². The second-order valence-corrected chi connectivity index (χ2v) is 10.3. The van der Waals surface area contributed by atoms with Crippen molar-refractivity contribution in [3.8, 4) is 0 Å². The Morgan fingerprint density at radius 1 is 1.38 bits per heavy atom. The fourth-order valence-electron chi connectivity index (χ4n) is 2.97. The minimum absolute atomic E-state index is 0.0759. The fourth-order valence-corrected chi connectivity index (χ4v) is 4.89. The Morgan fingerprint density at radius 2 is 2.00 bits per heavy atom. The topological polar surface area (TPSA) is 81.8 Å². The van der Waals surface area contributed by atoms with Crippen molar-refractivity contribution in [2.45, 2.75) is 37.5 Å². The molecule has 2 atom stereocenters. The van der Waals surface area contributed by atoms with Crippen LogP contribution in [0.5, 0.6) is 0 Å². The molecule has 1 aliphatic heterocycles. The van der Waals surface area contributed by atoms with Gasteiger partial charge in [0, 0.05) is 24.8 Å². The third kappa shape index (κ3) is 3.53. The minimum Gasteiger partial charge on any atom is -0.386 e. The Hall–Kier alpha value is -1.80. The predicted octanol–water partition coefficient (Wildman–Crippen LogP) is 1.80. The molecule has 0 fully saturated rings. The average molecular weight is 386 g/mol. The number of nitrogens with zero attached hydrogens (tertiary/aromatic N) is 1. The quantitative estimate of drug-likeness (QED) is 0.783. The lowest BCUT2D eigenvalue weighted by Crippen LogP contribution is -2.54. The van der Waals surface area contributed by atoms with E-state index in [1.165, 1.54) is 13.2 Å². The molecule has 8 heteroatoms. The standard InChI is InChI=1S/C18H24F2N2O3S/c1-17(2)16(21)22-18(3,10-26(17,5)24)13-7-11(6-12(23)9-25-4)8-14(19)15(13)20/h7-8H,5-6,9-10H2,1-4H3,(H2,21,22)/t18-,26?/m0/s1. The zero-order valence-corrected chi connectivity index (χ0v) is 16.2. The fraction of sp³-hybridized carbons (Fsp3) is 0.500. The normalized spacial score (nSPS) is 27.8. The van der Waals surface area contributed by atoms with Crippen molar-refractivity contribution in [1.82, 2.24) is 0 Å². The third-order valence-corrected chi connectivity index (χ3v) is 7.90. The number of carbonyl (C=O) groups excluding carboxylic acids is 1. The van der Waals surface area contributed by atoms with Crippen molar-refractivity contribution in [3.05, 3.63) is 34.9 Å². The summed E-state index contributed by atoms with van der Waals surface area (Å²) in [6.07, 6.45) is -0.113.